The summed E-state index contributed by atoms with van der Waals surface area (Å²) in [6.07, 6.45) is 17.7. The molecule has 0 N–H and O–H groups in total. The monoisotopic (exact) mass is 371 g/mol. The van der Waals surface area contributed by atoms with Gasteiger partial charge in [0.15, 0.2) is 0 Å². The third-order valence-corrected chi connectivity index (χ3v) is 10.7. The van der Waals surface area contributed by atoms with Gasteiger partial charge >= 0.3 is 0 Å². The standard InChI is InChI=1S/C21H39O3S/c1-22-16-4-10-19(11-5-16)25(20-12-6-17(23-2)7-13-20)21-14-8-18(24-3)9-15-21/h16-21H,4-15H2,1-3H3/q+1. The molecule has 0 aromatic heterocycles. The molecule has 3 aliphatic rings. The van der Waals surface area contributed by atoms with E-state index < -0.39 is 0 Å². The molecule has 0 aromatic carbocycles. The van der Waals surface area contributed by atoms with Crippen molar-refractivity contribution in [3.8, 4) is 0 Å². The highest BCUT2D eigenvalue weighted by molar-refractivity contribution is 7.98. The molecule has 0 heterocycles. The lowest BCUT2D eigenvalue weighted by Crippen LogP contribution is -2.46. The fraction of sp³-hybridized carbons (Fsp3) is 1.00. The molecule has 0 saturated heterocycles. The van der Waals surface area contributed by atoms with E-state index >= 15 is 0 Å². The summed E-state index contributed by atoms with van der Waals surface area (Å²) in [7, 11) is 6.27. The smallest absolute Gasteiger partial charge is 0.119 e. The van der Waals surface area contributed by atoms with Crippen molar-refractivity contribution in [2.75, 3.05) is 21.3 Å². The van der Waals surface area contributed by atoms with Gasteiger partial charge in [-0.1, -0.05) is 0 Å². The molecule has 0 radical (unpaired) electrons. The molecule has 0 aromatic rings. The van der Waals surface area contributed by atoms with Crippen LogP contribution < -0.4 is 0 Å². The summed E-state index contributed by atoms with van der Waals surface area (Å²) in [5, 5.41) is 2.87. The molecule has 25 heavy (non-hydrogen) atoms. The third kappa shape index (κ3) is 5.15. The van der Waals surface area contributed by atoms with Gasteiger partial charge in [-0.3, -0.25) is 0 Å². The molecule has 3 fully saturated rings. The van der Waals surface area contributed by atoms with Crippen molar-refractivity contribution < 1.29 is 14.2 Å². The van der Waals surface area contributed by atoms with E-state index in [1.54, 1.807) is 0 Å². The Balaban J connectivity index is 1.64. The Morgan fingerprint density at radius 1 is 0.440 bits per heavy atom. The summed E-state index contributed by atoms with van der Waals surface area (Å²) < 4.78 is 16.9. The van der Waals surface area contributed by atoms with Crippen LogP contribution in [0.2, 0.25) is 0 Å². The molecule has 0 atom stereocenters. The van der Waals surface area contributed by atoms with Gasteiger partial charge in [0, 0.05) is 21.3 Å². The number of hydrogen-bond acceptors (Lipinski definition) is 3. The molecular weight excluding hydrogens is 332 g/mol. The van der Waals surface area contributed by atoms with E-state index in [1.165, 1.54) is 77.0 Å². The van der Waals surface area contributed by atoms with Crippen molar-refractivity contribution in [3.05, 3.63) is 0 Å². The lowest BCUT2D eigenvalue weighted by atomic mass is 9.96. The van der Waals surface area contributed by atoms with Gasteiger partial charge in [-0.25, -0.2) is 0 Å². The predicted molar refractivity (Wildman–Crippen MR) is 107 cm³/mol. The Kier molecular flexibility index (Phi) is 7.96. The highest BCUT2D eigenvalue weighted by atomic mass is 32.2. The Morgan fingerprint density at radius 2 is 0.680 bits per heavy atom. The zero-order chi connectivity index (χ0) is 17.6. The molecule has 146 valence electrons. The summed E-state index contributed by atoms with van der Waals surface area (Å²) in [5.74, 6) is 0. The van der Waals surface area contributed by atoms with Crippen LogP contribution in [0.5, 0.6) is 0 Å². The minimum atomic E-state index is 0.523. The van der Waals surface area contributed by atoms with Crippen LogP contribution in [0, 0.1) is 0 Å². The fourth-order valence-electron chi connectivity index (χ4n) is 5.44. The van der Waals surface area contributed by atoms with Crippen LogP contribution in [0.15, 0.2) is 0 Å². The first-order valence-electron chi connectivity index (χ1n) is 10.5. The summed E-state index contributed by atoms with van der Waals surface area (Å²) >= 11 is 0. The van der Waals surface area contributed by atoms with Crippen molar-refractivity contribution in [2.24, 2.45) is 0 Å². The SMILES string of the molecule is COC1CCC([S+](C2CCC(OC)CC2)C2CCC(OC)CC2)CC1. The fourth-order valence-corrected chi connectivity index (χ4v) is 9.52. The molecular formula is C21H39O3S+. The summed E-state index contributed by atoms with van der Waals surface area (Å²) in [6, 6.07) is 0. The lowest BCUT2D eigenvalue weighted by molar-refractivity contribution is 0.0676. The van der Waals surface area contributed by atoms with E-state index in [9.17, 15) is 0 Å². The number of methoxy groups -OCH3 is 3. The van der Waals surface area contributed by atoms with E-state index in [2.05, 4.69) is 0 Å². The molecule has 0 bridgehead atoms. The van der Waals surface area contributed by atoms with Gasteiger partial charge in [0.25, 0.3) is 0 Å². The van der Waals surface area contributed by atoms with Crippen LogP contribution in [-0.4, -0.2) is 55.4 Å². The van der Waals surface area contributed by atoms with Crippen molar-refractivity contribution in [2.45, 2.75) is 111 Å². The number of hydrogen-bond donors (Lipinski definition) is 0. The highest BCUT2D eigenvalue weighted by Crippen LogP contribution is 2.41. The zero-order valence-corrected chi connectivity index (χ0v) is 17.4. The van der Waals surface area contributed by atoms with Gasteiger partial charge in [-0.05, 0) is 87.9 Å². The van der Waals surface area contributed by atoms with Gasteiger partial charge in [0.2, 0.25) is 0 Å². The molecule has 3 saturated carbocycles. The average Bonchev–Trinajstić information content (AvgIpc) is 2.70. The van der Waals surface area contributed by atoms with Crippen LogP contribution in [0.3, 0.4) is 0 Å². The first kappa shape index (κ1) is 20.0. The molecule has 0 aliphatic heterocycles. The van der Waals surface area contributed by atoms with Gasteiger partial charge in [-0.2, -0.15) is 0 Å². The van der Waals surface area contributed by atoms with Crippen molar-refractivity contribution in [3.63, 3.8) is 0 Å². The van der Waals surface area contributed by atoms with Crippen molar-refractivity contribution in [1.29, 1.82) is 0 Å². The van der Waals surface area contributed by atoms with Gasteiger partial charge in [0.1, 0.15) is 15.7 Å². The zero-order valence-electron chi connectivity index (χ0n) is 16.6. The predicted octanol–water partition coefficient (Wildman–Crippen LogP) is 4.48. The van der Waals surface area contributed by atoms with E-state index in [-0.39, 0.29) is 0 Å². The largest absolute Gasteiger partial charge is 0.381 e. The minimum Gasteiger partial charge on any atom is -0.381 e. The molecule has 3 aliphatic carbocycles. The Bertz CT molecular complexity index is 310. The van der Waals surface area contributed by atoms with Crippen LogP contribution in [0.1, 0.15) is 77.0 Å². The topological polar surface area (TPSA) is 27.7 Å². The van der Waals surface area contributed by atoms with Crippen molar-refractivity contribution >= 4 is 10.9 Å². The maximum absolute atomic E-state index is 5.64. The second kappa shape index (κ2) is 9.96. The quantitative estimate of drug-likeness (QED) is 0.644. The summed E-state index contributed by atoms with van der Waals surface area (Å²) in [6.45, 7) is 0. The highest BCUT2D eigenvalue weighted by Gasteiger charge is 2.47. The molecule has 0 unspecified atom stereocenters. The Hall–Kier alpha value is 0.230. The molecule has 3 nitrogen and oxygen atoms in total. The third-order valence-electron chi connectivity index (χ3n) is 7.02. The first-order valence-corrected chi connectivity index (χ1v) is 12.0. The lowest BCUT2D eigenvalue weighted by Gasteiger charge is -2.39. The maximum atomic E-state index is 5.64. The Morgan fingerprint density at radius 3 is 0.880 bits per heavy atom. The van der Waals surface area contributed by atoms with E-state index in [0.29, 0.717) is 29.2 Å². The number of rotatable bonds is 6. The van der Waals surface area contributed by atoms with E-state index in [4.69, 9.17) is 14.2 Å². The molecule has 0 spiro atoms. The first-order chi connectivity index (χ1) is 12.2. The van der Waals surface area contributed by atoms with Gasteiger partial charge in [0.05, 0.1) is 18.3 Å². The normalized spacial score (nSPS) is 41.4. The number of ether oxygens (including phenoxy) is 3. The summed E-state index contributed by atoms with van der Waals surface area (Å²) in [4.78, 5) is 0. The average molecular weight is 372 g/mol. The molecule has 0 amide bonds. The maximum Gasteiger partial charge on any atom is 0.119 e. The second-order valence-electron chi connectivity index (χ2n) is 8.31. The van der Waals surface area contributed by atoms with Crippen LogP contribution in [0.4, 0.5) is 0 Å². The summed E-state index contributed by atoms with van der Waals surface area (Å²) in [5.41, 5.74) is 0. The van der Waals surface area contributed by atoms with Crippen LogP contribution in [-0.2, 0) is 25.1 Å². The van der Waals surface area contributed by atoms with E-state index in [1.807, 2.05) is 21.3 Å². The van der Waals surface area contributed by atoms with Crippen LogP contribution in [0.25, 0.3) is 0 Å². The second-order valence-corrected chi connectivity index (χ2v) is 11.1. The van der Waals surface area contributed by atoms with Crippen LogP contribution >= 0.6 is 0 Å². The Labute approximate surface area is 157 Å². The van der Waals surface area contributed by atoms with Crippen molar-refractivity contribution in [1.82, 2.24) is 0 Å². The minimum absolute atomic E-state index is 0.523. The van der Waals surface area contributed by atoms with Gasteiger partial charge < -0.3 is 14.2 Å². The molecule has 4 heteroatoms. The molecule has 3 rings (SSSR count). The van der Waals surface area contributed by atoms with Gasteiger partial charge in [-0.15, -0.1) is 0 Å². The van der Waals surface area contributed by atoms with E-state index in [0.717, 1.165) is 15.7 Å².